The maximum atomic E-state index is 17.3. The number of Topliss-reactive ketones (excluding diaryl/α,β-unsaturated/α-hetero) is 2. The lowest BCUT2D eigenvalue weighted by atomic mass is 9.57. The van der Waals surface area contributed by atoms with Crippen molar-refractivity contribution in [3.63, 3.8) is 0 Å². The van der Waals surface area contributed by atoms with Gasteiger partial charge in [-0.05, 0) is 85.5 Å². The summed E-state index contributed by atoms with van der Waals surface area (Å²) in [5.41, 5.74) is 8.59. The molecule has 0 unspecified atom stereocenters. The molecule has 1 saturated heterocycles. The number of nitrogens with zero attached hydrogens (tertiary/aromatic N) is 2. The summed E-state index contributed by atoms with van der Waals surface area (Å²) in [6.07, 6.45) is 1.79. The number of aliphatic hydroxyl groups excluding tert-OH is 1. The van der Waals surface area contributed by atoms with E-state index in [0.717, 1.165) is 29.7 Å². The summed E-state index contributed by atoms with van der Waals surface area (Å²) in [6.45, 7) is 11.2. The number of ether oxygens (including phenoxy) is 2. The van der Waals surface area contributed by atoms with Crippen LogP contribution >= 0.6 is 0 Å². The monoisotopic (exact) mass is 791 g/mol. The van der Waals surface area contributed by atoms with Crippen molar-refractivity contribution in [3.05, 3.63) is 117 Å². The lowest BCUT2D eigenvalue weighted by Gasteiger charge is -2.53. The summed E-state index contributed by atoms with van der Waals surface area (Å²) in [5, 5.41) is 16.4. The van der Waals surface area contributed by atoms with Crippen LogP contribution in [0.5, 0.6) is 11.6 Å². The number of aliphatic hydroxyl groups is 1. The maximum Gasteiger partial charge on any atom is 0.265 e. The van der Waals surface area contributed by atoms with Gasteiger partial charge in [0, 0.05) is 34.2 Å². The van der Waals surface area contributed by atoms with Gasteiger partial charge in [-0.15, -0.1) is 0 Å². The number of fused-ring (bicyclic) bond motifs is 7. The van der Waals surface area contributed by atoms with Crippen molar-refractivity contribution < 1.29 is 37.5 Å². The first-order valence-electron chi connectivity index (χ1n) is 20.0. The minimum atomic E-state index is -2.95. The molecule has 10 nitrogen and oxygen atoms in total. The van der Waals surface area contributed by atoms with Crippen LogP contribution in [-0.2, 0) is 35.3 Å². The van der Waals surface area contributed by atoms with Crippen LogP contribution in [0.15, 0.2) is 70.8 Å². The van der Waals surface area contributed by atoms with Crippen LogP contribution in [0.1, 0.15) is 95.2 Å². The van der Waals surface area contributed by atoms with Crippen molar-refractivity contribution in [2.75, 3.05) is 13.6 Å². The van der Waals surface area contributed by atoms with Crippen LogP contribution in [0.2, 0.25) is 18.1 Å². The van der Waals surface area contributed by atoms with E-state index in [2.05, 4.69) is 10.1 Å². The summed E-state index contributed by atoms with van der Waals surface area (Å²) >= 11 is 0. The van der Waals surface area contributed by atoms with Crippen molar-refractivity contribution in [3.8, 4) is 11.6 Å². The fourth-order valence-corrected chi connectivity index (χ4v) is 11.4. The van der Waals surface area contributed by atoms with Crippen molar-refractivity contribution >= 4 is 25.6 Å². The predicted octanol–water partition coefficient (Wildman–Crippen LogP) is 8.21. The molecule has 1 saturated carbocycles. The quantitative estimate of drug-likeness (QED) is 0.133. The van der Waals surface area contributed by atoms with E-state index in [1.807, 2.05) is 102 Å². The lowest BCUT2D eigenvalue weighted by Crippen LogP contribution is -2.68. The molecule has 9 rings (SSSR count). The summed E-state index contributed by atoms with van der Waals surface area (Å²) in [7, 11) is -0.923. The van der Waals surface area contributed by atoms with Gasteiger partial charge in [-0.25, -0.2) is 4.39 Å². The molecule has 5 aliphatic rings. The molecule has 57 heavy (non-hydrogen) atoms. The minimum absolute atomic E-state index is 0.0251. The highest BCUT2D eigenvalue weighted by molar-refractivity contribution is 6.74. The lowest BCUT2D eigenvalue weighted by molar-refractivity contribution is -0.138. The average Bonchev–Trinajstić information content (AvgIpc) is 3.89. The van der Waals surface area contributed by atoms with Crippen LogP contribution < -0.4 is 15.2 Å². The zero-order chi connectivity index (χ0) is 40.2. The Morgan fingerprint density at radius 1 is 0.965 bits per heavy atom. The number of halogens is 1. The van der Waals surface area contributed by atoms with E-state index in [1.165, 1.54) is 0 Å². The second kappa shape index (κ2) is 13.5. The number of nitrogens with two attached hydrogens (primary N) is 1. The Kier molecular flexibility index (Phi) is 8.96. The molecule has 3 N–H and O–H groups in total. The standard InChI is InChI=1S/C45H50FN3O7Si/c1-44(2,3)57(5,6)56-45-30(36(47)40-34(42(45)52)43(48-55-40)54-23-25-15-11-8-12-16-25)21-27-20-28-33(38(50)31(27)41(45)51)39(53-22-24-13-9-7-10-14-24)29-19-26-17-18-49(4)37(26)32(29)35(28)46/h7-16,26-27,30,36-37,50H,17-23,47H2,1-6H3/t26-,27-,30-,36-,37-,45-/m0/s1. The third-order valence-electron chi connectivity index (χ3n) is 13.8. The number of carbonyl (C=O) groups excluding carboxylic acids is 2. The molecule has 0 amide bonds. The highest BCUT2D eigenvalue weighted by atomic mass is 28.4. The number of benzene rings is 3. The van der Waals surface area contributed by atoms with Crippen molar-refractivity contribution in [2.24, 2.45) is 23.5 Å². The number of aromatic nitrogens is 1. The third kappa shape index (κ3) is 5.69. The third-order valence-corrected chi connectivity index (χ3v) is 18.3. The van der Waals surface area contributed by atoms with Crippen LogP contribution in [0.4, 0.5) is 4.39 Å². The van der Waals surface area contributed by atoms with Crippen LogP contribution in [0.3, 0.4) is 0 Å². The van der Waals surface area contributed by atoms with Crippen molar-refractivity contribution in [1.29, 1.82) is 0 Å². The smallest absolute Gasteiger partial charge is 0.265 e. The highest BCUT2D eigenvalue weighted by Gasteiger charge is 2.68. The predicted molar refractivity (Wildman–Crippen MR) is 214 cm³/mol. The molecule has 0 bridgehead atoms. The number of likely N-dealkylation sites (tertiary alicyclic amines) is 1. The van der Waals surface area contributed by atoms with Gasteiger partial charge >= 0.3 is 0 Å². The fraction of sp³-hybridized carbons (Fsp3) is 0.444. The summed E-state index contributed by atoms with van der Waals surface area (Å²) in [6, 6.07) is 18.0. The number of rotatable bonds is 8. The van der Waals surface area contributed by atoms with E-state index in [4.69, 9.17) is 24.2 Å². The molecule has 6 atom stereocenters. The molecule has 2 fully saturated rings. The maximum absolute atomic E-state index is 17.3. The van der Waals surface area contributed by atoms with Crippen LogP contribution in [-0.4, -0.2) is 54.2 Å². The van der Waals surface area contributed by atoms with Crippen molar-refractivity contribution in [1.82, 2.24) is 10.1 Å². The molecular weight excluding hydrogens is 742 g/mol. The summed E-state index contributed by atoms with van der Waals surface area (Å²) in [5.74, 6) is -2.93. The number of carbonyl (C=O) groups is 2. The van der Waals surface area contributed by atoms with Gasteiger partial charge in [-0.2, -0.15) is 0 Å². The second-order valence-electron chi connectivity index (χ2n) is 18.1. The summed E-state index contributed by atoms with van der Waals surface area (Å²) in [4.78, 5) is 33.3. The molecule has 12 heteroatoms. The Hall–Kier alpha value is -4.62. The Morgan fingerprint density at radius 3 is 2.26 bits per heavy atom. The molecule has 1 aromatic heterocycles. The number of ketones is 2. The molecule has 3 aromatic carbocycles. The molecule has 298 valence electrons. The molecule has 0 radical (unpaired) electrons. The average molecular weight is 792 g/mol. The van der Waals surface area contributed by atoms with Gasteiger partial charge in [0.05, 0.1) is 11.6 Å². The zero-order valence-corrected chi connectivity index (χ0v) is 34.4. The Labute approximate surface area is 333 Å². The Balaban J connectivity index is 1.21. The normalized spacial score (nSPS) is 26.7. The molecular formula is C45H50FN3O7Si. The minimum Gasteiger partial charge on any atom is -0.507 e. The van der Waals surface area contributed by atoms with E-state index < -0.39 is 48.4 Å². The van der Waals surface area contributed by atoms with Gasteiger partial charge < -0.3 is 29.3 Å². The van der Waals surface area contributed by atoms with Gasteiger partial charge in [0.25, 0.3) is 5.88 Å². The number of hydrogen-bond acceptors (Lipinski definition) is 10. The van der Waals surface area contributed by atoms with E-state index in [9.17, 15) is 5.11 Å². The summed E-state index contributed by atoms with van der Waals surface area (Å²) < 4.78 is 43.0. The first-order chi connectivity index (χ1) is 27.1. The largest absolute Gasteiger partial charge is 0.507 e. The Morgan fingerprint density at radius 2 is 1.61 bits per heavy atom. The van der Waals surface area contributed by atoms with Crippen LogP contribution in [0.25, 0.3) is 5.76 Å². The first-order valence-corrected chi connectivity index (χ1v) is 22.9. The molecule has 1 aliphatic heterocycles. The fourth-order valence-electron chi connectivity index (χ4n) is 9.94. The Bertz CT molecular complexity index is 2320. The molecule has 2 heterocycles. The zero-order valence-electron chi connectivity index (χ0n) is 33.4. The van der Waals surface area contributed by atoms with E-state index in [-0.39, 0.29) is 77.9 Å². The highest BCUT2D eigenvalue weighted by Crippen LogP contribution is 2.60. The van der Waals surface area contributed by atoms with Crippen LogP contribution in [0, 0.1) is 23.6 Å². The van der Waals surface area contributed by atoms with E-state index >= 15 is 14.0 Å². The molecule has 4 aromatic rings. The SMILES string of the molecule is CN1CC[C@H]2Cc3c(OCc4ccccc4)c4c(c(F)c3[C@H]21)C[C@H]1C[C@H]2[C@H](N)c3onc(OCc5ccccc5)c3C(=O)[C@@]2(O[Si](C)(C)C(C)(C)C)C(=O)C1=C4O. The van der Waals surface area contributed by atoms with E-state index in [0.29, 0.717) is 23.3 Å². The molecule has 0 spiro atoms. The first kappa shape index (κ1) is 37.9. The topological polar surface area (TPSA) is 137 Å². The van der Waals surface area contributed by atoms with Gasteiger partial charge in [0.15, 0.2) is 19.7 Å². The molecule has 4 aliphatic carbocycles. The van der Waals surface area contributed by atoms with Gasteiger partial charge in [-0.1, -0.05) is 81.4 Å². The van der Waals surface area contributed by atoms with Gasteiger partial charge in [0.1, 0.15) is 36.1 Å². The van der Waals surface area contributed by atoms with Crippen molar-refractivity contribution in [2.45, 2.75) is 95.5 Å². The second-order valence-corrected chi connectivity index (χ2v) is 22.9. The van der Waals surface area contributed by atoms with Gasteiger partial charge in [-0.3, -0.25) is 14.5 Å². The number of hydrogen-bond donors (Lipinski definition) is 2. The van der Waals surface area contributed by atoms with E-state index in [1.54, 1.807) is 0 Å². The van der Waals surface area contributed by atoms with Gasteiger partial charge in [0.2, 0.25) is 11.6 Å².